The molecule has 2 aromatic carbocycles. The number of benzene rings is 2. The molecule has 0 aliphatic heterocycles. The molecule has 0 amide bonds. The summed E-state index contributed by atoms with van der Waals surface area (Å²) in [7, 11) is 0. The van der Waals surface area contributed by atoms with Gasteiger partial charge in [-0.15, -0.1) is 0 Å². The van der Waals surface area contributed by atoms with Gasteiger partial charge >= 0.3 is 12.4 Å². The third-order valence-corrected chi connectivity index (χ3v) is 7.88. The molecule has 2 aliphatic carbocycles. The van der Waals surface area contributed by atoms with Crippen molar-refractivity contribution >= 4 is 22.9 Å². The quantitative estimate of drug-likeness (QED) is 0.230. The molecule has 0 radical (unpaired) electrons. The van der Waals surface area contributed by atoms with Crippen LogP contribution in [0.3, 0.4) is 0 Å². The summed E-state index contributed by atoms with van der Waals surface area (Å²) in [5.74, 6) is -0.247. The summed E-state index contributed by atoms with van der Waals surface area (Å²) in [4.78, 5) is 25.1. The Kier molecular flexibility index (Phi) is 10.4. The van der Waals surface area contributed by atoms with E-state index in [-0.39, 0.29) is 22.9 Å². The Morgan fingerprint density at radius 3 is 1.24 bits per heavy atom. The number of allylic oxidation sites excluding steroid dienone is 10. The number of azo groups is 2. The largest absolute Gasteiger partial charge is 0.417 e. The topological polar surface area (TPSA) is 83.6 Å². The third kappa shape index (κ3) is 8.77. The first-order valence-corrected chi connectivity index (χ1v) is 15.5. The third-order valence-electron chi connectivity index (χ3n) is 7.88. The van der Waals surface area contributed by atoms with Gasteiger partial charge in [0.25, 0.3) is 0 Å². The molecule has 0 bridgehead atoms. The molecule has 0 spiro atoms. The van der Waals surface area contributed by atoms with Gasteiger partial charge in [0.05, 0.1) is 34.9 Å². The summed E-state index contributed by atoms with van der Waals surface area (Å²) in [5.41, 5.74) is -2.52. The zero-order chi connectivity index (χ0) is 37.4. The van der Waals surface area contributed by atoms with E-state index in [1.54, 1.807) is 38.2 Å². The number of carbonyl (C=O) groups excluding carboxylic acids is 2. The smallest absolute Gasteiger partial charge is 0.289 e. The van der Waals surface area contributed by atoms with Gasteiger partial charge in [-0.25, -0.2) is 0 Å². The van der Waals surface area contributed by atoms with Gasteiger partial charge in [-0.05, 0) is 107 Å². The SMILES string of the molecule is CC1=CC(=CN=Nc2ccc(-c3ccc(N=NC=C4C=C(C(C)(C)C)C(=O)C(C(C)(C)C)=C4)cc3C(F)(F)F)c(C(F)(F)F)c2)C=C(C)C1=O. The Morgan fingerprint density at radius 1 is 0.540 bits per heavy atom. The average molecular weight is 695 g/mol. The average Bonchev–Trinajstić information content (AvgIpc) is 2.98. The maximum atomic E-state index is 14.3. The monoisotopic (exact) mass is 694 g/mol. The zero-order valence-electron chi connectivity index (χ0n) is 28.8. The standard InChI is InChI=1S/C38H36F6N4O2/c1-21-13-23(14-22(2)33(21)49)19-45-47-25-9-11-27(29(17-25)37(39,40)41)28-12-10-26(18-30(28)38(42,43)44)48-46-20-24-15-31(35(3,4)5)34(50)32(16-24)36(6,7)8/h9-20H,1-8H3. The van der Waals surface area contributed by atoms with Crippen molar-refractivity contribution in [2.75, 3.05) is 0 Å². The van der Waals surface area contributed by atoms with E-state index in [2.05, 4.69) is 20.5 Å². The summed E-state index contributed by atoms with van der Waals surface area (Å²) in [5, 5.41) is 15.5. The lowest BCUT2D eigenvalue weighted by Gasteiger charge is -2.31. The number of rotatable bonds is 5. The molecule has 2 aliphatic rings. The van der Waals surface area contributed by atoms with Gasteiger partial charge in [0, 0.05) is 11.1 Å². The fourth-order valence-corrected chi connectivity index (χ4v) is 5.35. The highest BCUT2D eigenvalue weighted by atomic mass is 19.4. The summed E-state index contributed by atoms with van der Waals surface area (Å²) in [6, 6.07) is 5.36. The molecule has 0 atom stereocenters. The van der Waals surface area contributed by atoms with Crippen LogP contribution in [0.5, 0.6) is 0 Å². The van der Waals surface area contributed by atoms with Crippen molar-refractivity contribution in [2.24, 2.45) is 31.3 Å². The first-order valence-electron chi connectivity index (χ1n) is 15.5. The first-order chi connectivity index (χ1) is 23.0. The van der Waals surface area contributed by atoms with E-state index in [1.165, 1.54) is 12.4 Å². The minimum absolute atomic E-state index is 0.102. The van der Waals surface area contributed by atoms with Gasteiger partial charge in [-0.1, -0.05) is 53.7 Å². The van der Waals surface area contributed by atoms with Crippen LogP contribution in [0.15, 0.2) is 127 Å². The van der Waals surface area contributed by atoms with Crippen LogP contribution in [0.25, 0.3) is 11.1 Å². The van der Waals surface area contributed by atoms with Gasteiger partial charge in [0.2, 0.25) is 0 Å². The number of ketones is 2. The molecule has 50 heavy (non-hydrogen) atoms. The van der Waals surface area contributed by atoms with Crippen molar-refractivity contribution < 1.29 is 35.9 Å². The molecule has 0 heterocycles. The highest BCUT2D eigenvalue weighted by Gasteiger charge is 2.39. The Morgan fingerprint density at radius 2 is 0.900 bits per heavy atom. The summed E-state index contributed by atoms with van der Waals surface area (Å²) >= 11 is 0. The van der Waals surface area contributed by atoms with Gasteiger partial charge in [-0.2, -0.15) is 46.8 Å². The second-order valence-electron chi connectivity index (χ2n) is 14.1. The zero-order valence-corrected chi connectivity index (χ0v) is 28.8. The lowest BCUT2D eigenvalue weighted by molar-refractivity contribution is -0.139. The van der Waals surface area contributed by atoms with Crippen LogP contribution in [0, 0.1) is 10.8 Å². The predicted octanol–water partition coefficient (Wildman–Crippen LogP) is 12.3. The van der Waals surface area contributed by atoms with Gasteiger partial charge in [-0.3, -0.25) is 9.59 Å². The highest BCUT2D eigenvalue weighted by molar-refractivity contribution is 6.12. The van der Waals surface area contributed by atoms with Crippen LogP contribution in [0.1, 0.15) is 66.5 Å². The maximum Gasteiger partial charge on any atom is 0.417 e. The Bertz CT molecular complexity index is 1930. The minimum Gasteiger partial charge on any atom is -0.289 e. The fraction of sp³-hybridized carbons (Fsp3) is 0.316. The fourth-order valence-electron chi connectivity index (χ4n) is 5.35. The van der Waals surface area contributed by atoms with Gasteiger partial charge in [0.15, 0.2) is 11.6 Å². The molecule has 0 fully saturated rings. The van der Waals surface area contributed by atoms with Crippen LogP contribution in [0.2, 0.25) is 0 Å². The van der Waals surface area contributed by atoms with Crippen molar-refractivity contribution in [1.82, 2.24) is 0 Å². The first kappa shape index (κ1) is 37.8. The van der Waals surface area contributed by atoms with E-state index < -0.39 is 45.4 Å². The van der Waals surface area contributed by atoms with Crippen molar-refractivity contribution in [3.8, 4) is 11.1 Å². The molecule has 0 unspecified atom stereocenters. The van der Waals surface area contributed by atoms with Crippen molar-refractivity contribution in [3.05, 3.63) is 118 Å². The molecule has 2 aromatic rings. The van der Waals surface area contributed by atoms with E-state index in [9.17, 15) is 35.9 Å². The molecule has 0 N–H and O–H groups in total. The molecular weight excluding hydrogens is 658 g/mol. The minimum atomic E-state index is -5.04. The van der Waals surface area contributed by atoms with E-state index in [0.717, 1.165) is 24.3 Å². The van der Waals surface area contributed by atoms with Crippen molar-refractivity contribution in [2.45, 2.75) is 67.7 Å². The number of hydrogen-bond acceptors (Lipinski definition) is 6. The van der Waals surface area contributed by atoms with Crippen LogP contribution in [-0.4, -0.2) is 11.6 Å². The molecule has 6 nitrogen and oxygen atoms in total. The number of hydrogen-bond donors (Lipinski definition) is 0. The van der Waals surface area contributed by atoms with Crippen molar-refractivity contribution in [1.29, 1.82) is 0 Å². The molecule has 0 saturated heterocycles. The van der Waals surface area contributed by atoms with Crippen LogP contribution in [-0.2, 0) is 21.9 Å². The molecule has 12 heteroatoms. The van der Waals surface area contributed by atoms with Crippen LogP contribution < -0.4 is 0 Å². The van der Waals surface area contributed by atoms with Gasteiger partial charge in [0.1, 0.15) is 0 Å². The Labute approximate surface area is 286 Å². The van der Waals surface area contributed by atoms with Gasteiger partial charge < -0.3 is 0 Å². The summed E-state index contributed by atoms with van der Waals surface area (Å²) in [6.45, 7) is 14.6. The molecule has 0 saturated carbocycles. The molecule has 0 aromatic heterocycles. The molecule has 262 valence electrons. The lowest BCUT2D eigenvalue weighted by atomic mass is 9.72. The Hall–Kier alpha value is -5.00. The van der Waals surface area contributed by atoms with E-state index in [0.29, 0.717) is 45.6 Å². The number of nitrogens with zero attached hydrogens (tertiary/aromatic N) is 4. The molecular formula is C38H36F6N4O2. The second-order valence-corrected chi connectivity index (χ2v) is 14.1. The number of alkyl halides is 6. The van der Waals surface area contributed by atoms with E-state index in [1.807, 2.05) is 41.5 Å². The number of halogens is 6. The maximum absolute atomic E-state index is 14.3. The highest BCUT2D eigenvalue weighted by Crippen LogP contribution is 2.45. The van der Waals surface area contributed by atoms with Crippen LogP contribution in [0.4, 0.5) is 37.7 Å². The summed E-state index contributed by atoms with van der Waals surface area (Å²) < 4.78 is 85.7. The number of Topliss-reactive ketones (excluding diaryl/α,β-unsaturated/α-hetero) is 2. The summed E-state index contributed by atoms with van der Waals surface area (Å²) in [6.07, 6.45) is -1.07. The predicted molar refractivity (Wildman–Crippen MR) is 180 cm³/mol. The van der Waals surface area contributed by atoms with E-state index >= 15 is 0 Å². The normalized spacial score (nSPS) is 16.5. The van der Waals surface area contributed by atoms with Crippen molar-refractivity contribution in [3.63, 3.8) is 0 Å². The second kappa shape index (κ2) is 13.7. The van der Waals surface area contributed by atoms with E-state index in [4.69, 9.17) is 0 Å². The molecule has 4 rings (SSSR count). The number of carbonyl (C=O) groups is 2. The Balaban J connectivity index is 1.72. The lowest BCUT2D eigenvalue weighted by Crippen LogP contribution is -2.27. The van der Waals surface area contributed by atoms with Crippen LogP contribution >= 0.6 is 0 Å².